The van der Waals surface area contributed by atoms with E-state index in [0.717, 1.165) is 55.6 Å². The van der Waals surface area contributed by atoms with E-state index in [1.165, 1.54) is 0 Å². The molecule has 0 saturated heterocycles. The second-order valence-corrected chi connectivity index (χ2v) is 7.43. The third-order valence-corrected chi connectivity index (χ3v) is 5.71. The Morgan fingerprint density at radius 2 is 1.47 bits per heavy atom. The van der Waals surface area contributed by atoms with E-state index in [1.807, 2.05) is 48.5 Å². The van der Waals surface area contributed by atoms with E-state index < -0.39 is 0 Å². The summed E-state index contributed by atoms with van der Waals surface area (Å²) in [6.07, 6.45) is 0. The molecule has 5 aromatic rings. The fraction of sp³-hybridized carbons (Fsp3) is 0.120. The first-order valence-electron chi connectivity index (χ1n) is 9.94. The average Bonchev–Trinajstić information content (AvgIpc) is 2.83. The van der Waals surface area contributed by atoms with Crippen molar-refractivity contribution in [1.82, 2.24) is 9.97 Å². The van der Waals surface area contributed by atoms with Gasteiger partial charge >= 0.3 is 0 Å². The van der Waals surface area contributed by atoms with Crippen molar-refractivity contribution >= 4 is 38.5 Å². The number of methoxy groups -OCH3 is 1. The predicted octanol–water partition coefficient (Wildman–Crippen LogP) is 5.30. The van der Waals surface area contributed by atoms with Gasteiger partial charge in [0.2, 0.25) is 0 Å². The van der Waals surface area contributed by atoms with Crippen molar-refractivity contribution in [3.63, 3.8) is 0 Å². The van der Waals surface area contributed by atoms with Crippen molar-refractivity contribution in [2.24, 2.45) is 0 Å². The Morgan fingerprint density at radius 3 is 2.20 bits per heavy atom. The molecule has 0 saturated carbocycles. The topological polar surface area (TPSA) is 47.5 Å². The van der Waals surface area contributed by atoms with Gasteiger partial charge in [0, 0.05) is 22.0 Å². The number of para-hydroxylation sites is 2. The third-order valence-electron chi connectivity index (χ3n) is 5.71. The maximum atomic E-state index is 6.31. The van der Waals surface area contributed by atoms with Gasteiger partial charge in [-0.15, -0.1) is 0 Å². The predicted molar refractivity (Wildman–Crippen MR) is 119 cm³/mol. The number of nitrogens with zero attached hydrogens (tertiary/aromatic N) is 3. The van der Waals surface area contributed by atoms with Crippen molar-refractivity contribution in [3.05, 3.63) is 78.4 Å². The molecule has 6 rings (SSSR count). The Labute approximate surface area is 173 Å². The first kappa shape index (κ1) is 17.0. The highest BCUT2D eigenvalue weighted by molar-refractivity contribution is 6.10. The van der Waals surface area contributed by atoms with E-state index in [-0.39, 0.29) is 0 Å². The molecule has 0 aliphatic carbocycles. The number of anilines is 1. The second-order valence-electron chi connectivity index (χ2n) is 7.43. The lowest BCUT2D eigenvalue weighted by Crippen LogP contribution is -2.32. The summed E-state index contributed by atoms with van der Waals surface area (Å²) in [4.78, 5) is 12.2. The molecule has 146 valence electrons. The molecule has 30 heavy (non-hydrogen) atoms. The largest absolute Gasteiger partial charge is 0.497 e. The molecule has 0 radical (unpaired) electrons. The van der Waals surface area contributed by atoms with Crippen LogP contribution >= 0.6 is 0 Å². The van der Waals surface area contributed by atoms with Crippen LogP contribution in [0.4, 0.5) is 5.69 Å². The number of ether oxygens (including phenoxy) is 2. The van der Waals surface area contributed by atoms with Gasteiger partial charge in [0.05, 0.1) is 35.7 Å². The van der Waals surface area contributed by atoms with Crippen molar-refractivity contribution in [3.8, 4) is 11.5 Å². The summed E-state index contributed by atoms with van der Waals surface area (Å²) in [6, 6.07) is 24.3. The Balaban J connectivity index is 1.59. The van der Waals surface area contributed by atoms with E-state index in [2.05, 4.69) is 29.2 Å². The Bertz CT molecular complexity index is 1410. The molecule has 5 nitrogen and oxygen atoms in total. The molecule has 5 heteroatoms. The Kier molecular flexibility index (Phi) is 3.74. The highest BCUT2D eigenvalue weighted by Gasteiger charge is 2.25. The van der Waals surface area contributed by atoms with Crippen molar-refractivity contribution < 1.29 is 9.47 Å². The molecule has 0 N–H and O–H groups in total. The molecular formula is C25H19N3O2. The molecule has 4 aromatic carbocycles. The SMILES string of the molecule is COc1ccc(N2COc3c(c4nc5ccccc5nc4c4ccccc34)C2)cc1. The van der Waals surface area contributed by atoms with Crippen molar-refractivity contribution in [2.75, 3.05) is 18.7 Å². The van der Waals surface area contributed by atoms with Crippen LogP contribution in [0.2, 0.25) is 0 Å². The van der Waals surface area contributed by atoms with Gasteiger partial charge in [-0.1, -0.05) is 36.4 Å². The summed E-state index contributed by atoms with van der Waals surface area (Å²) in [5.41, 5.74) is 5.77. The zero-order valence-corrected chi connectivity index (χ0v) is 16.5. The van der Waals surface area contributed by atoms with Crippen molar-refractivity contribution in [2.45, 2.75) is 6.54 Å². The zero-order chi connectivity index (χ0) is 20.1. The highest BCUT2D eigenvalue weighted by Crippen LogP contribution is 2.40. The molecule has 0 unspecified atom stereocenters. The van der Waals surface area contributed by atoms with E-state index in [4.69, 9.17) is 19.4 Å². The Morgan fingerprint density at radius 1 is 0.800 bits per heavy atom. The summed E-state index contributed by atoms with van der Waals surface area (Å²) in [5, 5.41) is 2.15. The number of benzene rings is 4. The fourth-order valence-corrected chi connectivity index (χ4v) is 4.21. The lowest BCUT2D eigenvalue weighted by molar-refractivity contribution is 0.294. The van der Waals surface area contributed by atoms with E-state index >= 15 is 0 Å². The number of hydrogen-bond acceptors (Lipinski definition) is 5. The summed E-state index contributed by atoms with van der Waals surface area (Å²) in [7, 11) is 1.68. The second kappa shape index (κ2) is 6.59. The molecule has 0 bridgehead atoms. The molecule has 0 fully saturated rings. The summed E-state index contributed by atoms with van der Waals surface area (Å²) < 4.78 is 11.6. The fourth-order valence-electron chi connectivity index (χ4n) is 4.21. The highest BCUT2D eigenvalue weighted by atomic mass is 16.5. The summed E-state index contributed by atoms with van der Waals surface area (Å²) in [5.74, 6) is 1.75. The lowest BCUT2D eigenvalue weighted by atomic mass is 10.0. The number of rotatable bonds is 2. The molecule has 1 aliphatic heterocycles. The molecule has 0 atom stereocenters. The molecule has 0 spiro atoms. The number of aromatic nitrogens is 2. The number of hydrogen-bond donors (Lipinski definition) is 0. The number of fused-ring (bicyclic) bond motifs is 7. The quantitative estimate of drug-likeness (QED) is 0.301. The van der Waals surface area contributed by atoms with Gasteiger partial charge < -0.3 is 14.4 Å². The standard InChI is InChI=1S/C25H19N3O2/c1-29-17-12-10-16(11-13-17)28-14-20-24-23(26-21-8-4-5-9-22(21)27-24)18-6-2-3-7-19(18)25(20)30-15-28/h2-13H,14-15H2,1H3. The van der Waals surface area contributed by atoms with Gasteiger partial charge in [0.25, 0.3) is 0 Å². The summed E-state index contributed by atoms with van der Waals surface area (Å²) >= 11 is 0. The average molecular weight is 393 g/mol. The van der Waals surface area contributed by atoms with Gasteiger partial charge in [-0.25, -0.2) is 9.97 Å². The van der Waals surface area contributed by atoms with Crippen LogP contribution in [0.1, 0.15) is 5.56 Å². The van der Waals surface area contributed by atoms with Gasteiger partial charge in [0.1, 0.15) is 11.5 Å². The maximum Gasteiger partial charge on any atom is 0.161 e. The molecule has 0 amide bonds. The van der Waals surface area contributed by atoms with E-state index in [9.17, 15) is 0 Å². The van der Waals surface area contributed by atoms with Gasteiger partial charge in [-0.3, -0.25) is 0 Å². The monoisotopic (exact) mass is 393 g/mol. The van der Waals surface area contributed by atoms with Crippen molar-refractivity contribution in [1.29, 1.82) is 0 Å². The van der Waals surface area contributed by atoms with Crippen LogP contribution in [-0.2, 0) is 6.54 Å². The van der Waals surface area contributed by atoms with Crippen LogP contribution in [0.3, 0.4) is 0 Å². The summed E-state index contributed by atoms with van der Waals surface area (Å²) in [6.45, 7) is 1.19. The minimum atomic E-state index is 0.482. The van der Waals surface area contributed by atoms with Crippen LogP contribution in [-0.4, -0.2) is 23.8 Å². The lowest BCUT2D eigenvalue weighted by Gasteiger charge is -2.32. The van der Waals surface area contributed by atoms with Crippen LogP contribution in [0.15, 0.2) is 72.8 Å². The Hall–Kier alpha value is -3.86. The minimum Gasteiger partial charge on any atom is -0.497 e. The van der Waals surface area contributed by atoms with Crippen LogP contribution in [0.5, 0.6) is 11.5 Å². The molecule has 1 aliphatic rings. The van der Waals surface area contributed by atoms with Gasteiger partial charge in [-0.05, 0) is 36.4 Å². The van der Waals surface area contributed by atoms with Gasteiger partial charge in [0.15, 0.2) is 6.73 Å². The van der Waals surface area contributed by atoms with Crippen LogP contribution in [0, 0.1) is 0 Å². The molecular weight excluding hydrogens is 374 g/mol. The van der Waals surface area contributed by atoms with E-state index in [1.54, 1.807) is 7.11 Å². The smallest absolute Gasteiger partial charge is 0.161 e. The zero-order valence-electron chi connectivity index (χ0n) is 16.5. The van der Waals surface area contributed by atoms with Crippen LogP contribution < -0.4 is 14.4 Å². The van der Waals surface area contributed by atoms with Gasteiger partial charge in [-0.2, -0.15) is 0 Å². The normalized spacial score (nSPS) is 13.4. The molecule has 2 heterocycles. The first-order chi connectivity index (χ1) is 14.8. The molecule has 1 aromatic heterocycles. The minimum absolute atomic E-state index is 0.482. The maximum absolute atomic E-state index is 6.31. The van der Waals surface area contributed by atoms with Crippen LogP contribution in [0.25, 0.3) is 32.8 Å². The first-order valence-corrected chi connectivity index (χ1v) is 9.94. The third kappa shape index (κ3) is 2.55. The van der Waals surface area contributed by atoms with E-state index in [0.29, 0.717) is 13.3 Å².